The number of rotatable bonds is 6. The number of piperazine rings is 1. The molecule has 3 aromatic rings. The lowest BCUT2D eigenvalue weighted by Crippen LogP contribution is -2.50. The number of alkyl halides is 3. The first kappa shape index (κ1) is 27.8. The van der Waals surface area contributed by atoms with Crippen molar-refractivity contribution in [2.75, 3.05) is 48.5 Å². The van der Waals surface area contributed by atoms with Crippen molar-refractivity contribution in [1.82, 2.24) is 4.90 Å². The summed E-state index contributed by atoms with van der Waals surface area (Å²) in [5.74, 6) is 0.165. The highest BCUT2D eigenvalue weighted by Gasteiger charge is 2.32. The highest BCUT2D eigenvalue weighted by molar-refractivity contribution is 7.92. The number of carbonyl (C=O) groups is 1. The number of halogens is 3. The molecule has 5 rings (SSSR count). The predicted octanol–water partition coefficient (Wildman–Crippen LogP) is 4.88. The number of amides is 1. The van der Waals surface area contributed by atoms with E-state index in [1.54, 1.807) is 30.0 Å². The second kappa shape index (κ2) is 11.0. The van der Waals surface area contributed by atoms with Gasteiger partial charge in [-0.05, 0) is 73.4 Å². The number of ether oxygens (including phenoxy) is 1. The van der Waals surface area contributed by atoms with Crippen LogP contribution in [-0.4, -0.2) is 58.6 Å². The van der Waals surface area contributed by atoms with Gasteiger partial charge in [-0.15, -0.1) is 0 Å². The number of nitrogens with zero attached hydrogens (tertiary/aromatic N) is 3. The molecule has 2 aliphatic heterocycles. The van der Waals surface area contributed by atoms with Gasteiger partial charge in [-0.2, -0.15) is 13.2 Å². The normalized spacial score (nSPS) is 16.1. The molecule has 212 valence electrons. The van der Waals surface area contributed by atoms with E-state index in [1.807, 2.05) is 29.2 Å². The molecule has 2 heterocycles. The lowest BCUT2D eigenvalue weighted by atomic mass is 10.0. The molecule has 3 aromatic carbocycles. The smallest absolute Gasteiger partial charge is 0.416 e. The molecule has 40 heavy (non-hydrogen) atoms. The summed E-state index contributed by atoms with van der Waals surface area (Å²) in [7, 11) is -3.77. The Morgan fingerprint density at radius 1 is 0.925 bits per heavy atom. The van der Waals surface area contributed by atoms with Crippen LogP contribution >= 0.6 is 0 Å². The van der Waals surface area contributed by atoms with E-state index in [2.05, 4.69) is 0 Å². The summed E-state index contributed by atoms with van der Waals surface area (Å²) in [4.78, 5) is 16.4. The van der Waals surface area contributed by atoms with E-state index in [1.165, 1.54) is 16.4 Å². The molecule has 2 aliphatic rings. The topological polar surface area (TPSA) is 70.2 Å². The molecule has 11 heteroatoms. The predicted molar refractivity (Wildman–Crippen MR) is 146 cm³/mol. The fourth-order valence-electron chi connectivity index (χ4n) is 5.14. The number of aryl methyl sites for hydroxylation is 2. The second-order valence-corrected chi connectivity index (χ2v) is 11.8. The van der Waals surface area contributed by atoms with Crippen LogP contribution in [0.5, 0.6) is 5.75 Å². The van der Waals surface area contributed by atoms with Crippen molar-refractivity contribution in [3.63, 3.8) is 0 Å². The van der Waals surface area contributed by atoms with Crippen molar-refractivity contribution in [1.29, 1.82) is 0 Å². The van der Waals surface area contributed by atoms with E-state index in [4.69, 9.17) is 4.74 Å². The van der Waals surface area contributed by atoms with Crippen LogP contribution in [0.25, 0.3) is 0 Å². The van der Waals surface area contributed by atoms with Gasteiger partial charge in [-0.1, -0.05) is 24.3 Å². The van der Waals surface area contributed by atoms with Gasteiger partial charge in [0.2, 0.25) is 0 Å². The zero-order chi connectivity index (χ0) is 28.5. The molecule has 0 aromatic heterocycles. The van der Waals surface area contributed by atoms with Crippen LogP contribution < -0.4 is 13.9 Å². The third-order valence-electron chi connectivity index (χ3n) is 7.32. The summed E-state index contributed by atoms with van der Waals surface area (Å²) in [6.07, 6.45) is -2.83. The number of benzene rings is 3. The van der Waals surface area contributed by atoms with Crippen LogP contribution in [0.4, 0.5) is 24.5 Å². The van der Waals surface area contributed by atoms with E-state index in [-0.39, 0.29) is 17.4 Å². The largest absolute Gasteiger partial charge is 0.483 e. The molecule has 1 amide bonds. The molecule has 0 saturated carbocycles. The van der Waals surface area contributed by atoms with Crippen LogP contribution in [0.3, 0.4) is 0 Å². The third-order valence-corrected chi connectivity index (χ3v) is 9.13. The summed E-state index contributed by atoms with van der Waals surface area (Å²) >= 11 is 0. The Morgan fingerprint density at radius 2 is 1.68 bits per heavy atom. The number of hydrogen-bond donors (Lipinski definition) is 0. The van der Waals surface area contributed by atoms with Gasteiger partial charge in [0, 0.05) is 38.4 Å². The first-order valence-electron chi connectivity index (χ1n) is 13.1. The Kier molecular flexibility index (Phi) is 7.67. The quantitative estimate of drug-likeness (QED) is 0.421. The molecule has 1 saturated heterocycles. The summed E-state index contributed by atoms with van der Waals surface area (Å²) < 4.78 is 73.3. The minimum absolute atomic E-state index is 0.158. The fourth-order valence-corrected chi connectivity index (χ4v) is 6.77. The van der Waals surface area contributed by atoms with Crippen LogP contribution in [0.2, 0.25) is 0 Å². The van der Waals surface area contributed by atoms with E-state index < -0.39 is 21.8 Å². The Bertz CT molecular complexity index is 1500. The summed E-state index contributed by atoms with van der Waals surface area (Å²) in [5.41, 5.74) is 2.06. The Labute approximate surface area is 231 Å². The summed E-state index contributed by atoms with van der Waals surface area (Å²) in [6.45, 7) is 3.42. The summed E-state index contributed by atoms with van der Waals surface area (Å²) in [6, 6.07) is 17.3. The third kappa shape index (κ3) is 5.74. The average molecular weight is 574 g/mol. The Morgan fingerprint density at radius 3 is 2.40 bits per heavy atom. The molecular weight excluding hydrogens is 543 g/mol. The van der Waals surface area contributed by atoms with Gasteiger partial charge < -0.3 is 14.5 Å². The number of para-hydroxylation sites is 1. The van der Waals surface area contributed by atoms with Crippen molar-refractivity contribution >= 4 is 27.3 Å². The maximum Gasteiger partial charge on any atom is 0.416 e. The average Bonchev–Trinajstić information content (AvgIpc) is 2.95. The van der Waals surface area contributed by atoms with Gasteiger partial charge in [-0.3, -0.25) is 9.10 Å². The number of carbonyl (C=O) groups excluding carboxylic acids is 1. The highest BCUT2D eigenvalue weighted by atomic mass is 32.2. The van der Waals surface area contributed by atoms with Crippen molar-refractivity contribution in [3.8, 4) is 5.75 Å². The standard InChI is InChI=1S/C29H30F3N3O4S/c1-21-18-25(40(37,38)35-13-5-7-22-6-2-3-10-26(22)35)11-12-27(21)39-20-28(36)34-16-14-33(15-17-34)24-9-4-8-23(19-24)29(30,31)32/h2-4,6,8-12,18-19H,5,7,13-17,20H2,1H3. The maximum absolute atomic E-state index is 13.4. The lowest BCUT2D eigenvalue weighted by Gasteiger charge is -2.36. The number of sulfonamides is 1. The van der Waals surface area contributed by atoms with Gasteiger partial charge in [0.05, 0.1) is 16.1 Å². The number of fused-ring (bicyclic) bond motifs is 1. The molecule has 0 radical (unpaired) electrons. The minimum atomic E-state index is -4.41. The van der Waals surface area contributed by atoms with Gasteiger partial charge >= 0.3 is 6.18 Å². The van der Waals surface area contributed by atoms with Crippen LogP contribution in [0.15, 0.2) is 71.6 Å². The van der Waals surface area contributed by atoms with Crippen molar-refractivity contribution in [3.05, 3.63) is 83.4 Å². The van der Waals surface area contributed by atoms with Crippen LogP contribution in [-0.2, 0) is 27.4 Å². The Hall–Kier alpha value is -3.73. The molecule has 0 spiro atoms. The molecule has 1 fully saturated rings. The second-order valence-electron chi connectivity index (χ2n) is 9.94. The zero-order valence-corrected chi connectivity index (χ0v) is 22.8. The lowest BCUT2D eigenvalue weighted by molar-refractivity contribution is -0.137. The number of hydrogen-bond acceptors (Lipinski definition) is 5. The van der Waals surface area contributed by atoms with Crippen molar-refractivity contribution in [2.45, 2.75) is 30.8 Å². The van der Waals surface area contributed by atoms with Gasteiger partial charge in [0.1, 0.15) is 5.75 Å². The summed E-state index contributed by atoms with van der Waals surface area (Å²) in [5, 5.41) is 0. The minimum Gasteiger partial charge on any atom is -0.483 e. The van der Waals surface area contributed by atoms with E-state index in [0.717, 1.165) is 30.5 Å². The van der Waals surface area contributed by atoms with Gasteiger partial charge in [-0.25, -0.2) is 8.42 Å². The monoisotopic (exact) mass is 573 g/mol. The fraction of sp³-hybridized carbons (Fsp3) is 0.345. The molecule has 0 atom stereocenters. The molecular formula is C29H30F3N3O4S. The van der Waals surface area contributed by atoms with Crippen LogP contribution in [0, 0.1) is 6.92 Å². The SMILES string of the molecule is Cc1cc(S(=O)(=O)N2CCCc3ccccc32)ccc1OCC(=O)N1CCN(c2cccc(C(F)(F)F)c2)CC1. The molecule has 0 N–H and O–H groups in total. The first-order valence-corrected chi connectivity index (χ1v) is 14.5. The van der Waals surface area contributed by atoms with E-state index >= 15 is 0 Å². The van der Waals surface area contributed by atoms with Crippen molar-refractivity contribution in [2.24, 2.45) is 0 Å². The zero-order valence-electron chi connectivity index (χ0n) is 22.0. The van der Waals surface area contributed by atoms with E-state index in [0.29, 0.717) is 55.4 Å². The molecule has 0 aliphatic carbocycles. The number of anilines is 2. The maximum atomic E-state index is 13.4. The molecule has 7 nitrogen and oxygen atoms in total. The van der Waals surface area contributed by atoms with Gasteiger partial charge in [0.15, 0.2) is 6.61 Å². The first-order chi connectivity index (χ1) is 19.0. The van der Waals surface area contributed by atoms with Crippen LogP contribution in [0.1, 0.15) is 23.1 Å². The molecule has 0 unspecified atom stereocenters. The highest BCUT2D eigenvalue weighted by Crippen LogP contribution is 2.34. The van der Waals surface area contributed by atoms with Crippen molar-refractivity contribution < 1.29 is 31.1 Å². The Balaban J connectivity index is 1.19. The molecule has 0 bridgehead atoms. The van der Waals surface area contributed by atoms with Gasteiger partial charge in [0.25, 0.3) is 15.9 Å². The van der Waals surface area contributed by atoms with E-state index in [9.17, 15) is 26.4 Å².